The summed E-state index contributed by atoms with van der Waals surface area (Å²) in [6, 6.07) is 13.7. The highest BCUT2D eigenvalue weighted by atomic mass is 35.5. The van der Waals surface area contributed by atoms with Gasteiger partial charge in [-0.3, -0.25) is 4.79 Å². The van der Waals surface area contributed by atoms with Crippen molar-refractivity contribution >= 4 is 29.3 Å². The van der Waals surface area contributed by atoms with Crippen LogP contribution in [0.15, 0.2) is 47.4 Å². The Kier molecular flexibility index (Phi) is 7.85. The molecular formula is C21H26ClNO2S. The molecule has 26 heavy (non-hydrogen) atoms. The predicted octanol–water partition coefficient (Wildman–Crippen LogP) is 5.80. The van der Waals surface area contributed by atoms with Gasteiger partial charge in [-0.25, -0.2) is 0 Å². The van der Waals surface area contributed by atoms with E-state index < -0.39 is 0 Å². The number of hydrogen-bond acceptors (Lipinski definition) is 3. The number of ether oxygens (including phenoxy) is 1. The molecule has 0 spiro atoms. The van der Waals surface area contributed by atoms with E-state index in [2.05, 4.69) is 18.3 Å². The second-order valence-electron chi connectivity index (χ2n) is 6.17. The van der Waals surface area contributed by atoms with Crippen LogP contribution in [-0.4, -0.2) is 18.3 Å². The zero-order valence-corrected chi connectivity index (χ0v) is 17.3. The van der Waals surface area contributed by atoms with Crippen molar-refractivity contribution in [1.29, 1.82) is 0 Å². The van der Waals surface area contributed by atoms with Crippen LogP contribution in [0.4, 0.5) is 0 Å². The molecule has 0 bridgehead atoms. The van der Waals surface area contributed by atoms with E-state index in [4.69, 9.17) is 16.3 Å². The Bertz CT molecular complexity index is 733. The number of amides is 1. The normalized spacial score (nSPS) is 13.1. The zero-order valence-electron chi connectivity index (χ0n) is 15.7. The number of rotatable bonds is 8. The third-order valence-electron chi connectivity index (χ3n) is 4.30. The smallest absolute Gasteiger partial charge is 0.233 e. The van der Waals surface area contributed by atoms with Crippen molar-refractivity contribution in [2.75, 3.05) is 7.11 Å². The van der Waals surface area contributed by atoms with Crippen molar-refractivity contribution in [1.82, 2.24) is 5.32 Å². The summed E-state index contributed by atoms with van der Waals surface area (Å²) in [7, 11) is 1.67. The molecule has 2 rings (SSSR count). The Balaban J connectivity index is 2.08. The van der Waals surface area contributed by atoms with Crippen LogP contribution >= 0.6 is 23.4 Å². The number of halogens is 1. The standard InChI is InChI=1S/C21H26ClNO2S/c1-5-18(15-7-12-19(25-4)14(3)13-15)23-21(24)20(6-2)26-17-10-8-16(22)9-11-17/h7-13,18,20H,5-6H2,1-4H3,(H,23,24)/t18-,20-/m0/s1. The van der Waals surface area contributed by atoms with Gasteiger partial charge in [-0.05, 0) is 61.2 Å². The van der Waals surface area contributed by atoms with Crippen molar-refractivity contribution in [3.63, 3.8) is 0 Å². The molecule has 2 aromatic carbocycles. The van der Waals surface area contributed by atoms with Gasteiger partial charge in [0.25, 0.3) is 0 Å². The molecule has 3 nitrogen and oxygen atoms in total. The van der Waals surface area contributed by atoms with E-state index in [1.54, 1.807) is 18.9 Å². The number of hydrogen-bond donors (Lipinski definition) is 1. The molecule has 1 N–H and O–H groups in total. The summed E-state index contributed by atoms with van der Waals surface area (Å²) in [6.07, 6.45) is 1.59. The van der Waals surface area contributed by atoms with Gasteiger partial charge < -0.3 is 10.1 Å². The average Bonchev–Trinajstić information content (AvgIpc) is 2.65. The second-order valence-corrected chi connectivity index (χ2v) is 7.88. The van der Waals surface area contributed by atoms with Gasteiger partial charge in [0.2, 0.25) is 5.91 Å². The van der Waals surface area contributed by atoms with Gasteiger partial charge in [0, 0.05) is 9.92 Å². The van der Waals surface area contributed by atoms with E-state index in [1.807, 2.05) is 50.2 Å². The SMILES string of the molecule is CC[C@H](Sc1ccc(Cl)cc1)C(=O)N[C@@H](CC)c1ccc(OC)c(C)c1. The number of carbonyl (C=O) groups excluding carboxylic acids is 1. The van der Waals surface area contributed by atoms with Gasteiger partial charge in [-0.1, -0.05) is 37.6 Å². The monoisotopic (exact) mass is 391 g/mol. The third-order valence-corrected chi connectivity index (χ3v) is 5.93. The van der Waals surface area contributed by atoms with Crippen molar-refractivity contribution < 1.29 is 9.53 Å². The van der Waals surface area contributed by atoms with Crippen molar-refractivity contribution in [2.45, 2.75) is 49.8 Å². The fourth-order valence-electron chi connectivity index (χ4n) is 2.80. The maximum absolute atomic E-state index is 12.8. The Morgan fingerprint density at radius 3 is 2.38 bits per heavy atom. The highest BCUT2D eigenvalue weighted by molar-refractivity contribution is 8.00. The Morgan fingerprint density at radius 2 is 1.85 bits per heavy atom. The Morgan fingerprint density at radius 1 is 1.15 bits per heavy atom. The van der Waals surface area contributed by atoms with Crippen LogP contribution in [0.5, 0.6) is 5.75 Å². The van der Waals surface area contributed by atoms with Gasteiger partial charge in [0.1, 0.15) is 5.75 Å². The summed E-state index contributed by atoms with van der Waals surface area (Å²) in [4.78, 5) is 13.9. The van der Waals surface area contributed by atoms with Crippen LogP contribution in [-0.2, 0) is 4.79 Å². The topological polar surface area (TPSA) is 38.3 Å². The van der Waals surface area contributed by atoms with Crippen LogP contribution < -0.4 is 10.1 Å². The van der Waals surface area contributed by atoms with Crippen LogP contribution in [0.25, 0.3) is 0 Å². The molecule has 0 aliphatic carbocycles. The van der Waals surface area contributed by atoms with Crippen molar-refractivity contribution in [3.8, 4) is 5.75 Å². The summed E-state index contributed by atoms with van der Waals surface area (Å²) in [6.45, 7) is 6.13. The molecule has 0 aliphatic rings. The van der Waals surface area contributed by atoms with Gasteiger partial charge >= 0.3 is 0 Å². The van der Waals surface area contributed by atoms with E-state index in [9.17, 15) is 4.79 Å². The second kappa shape index (κ2) is 9.89. The van der Waals surface area contributed by atoms with E-state index >= 15 is 0 Å². The first-order chi connectivity index (χ1) is 12.5. The molecule has 0 heterocycles. The van der Waals surface area contributed by atoms with E-state index in [1.165, 1.54) is 0 Å². The molecule has 140 valence electrons. The van der Waals surface area contributed by atoms with Crippen LogP contribution in [0, 0.1) is 6.92 Å². The number of thioether (sulfide) groups is 1. The molecule has 5 heteroatoms. The van der Waals surface area contributed by atoms with E-state index in [0.717, 1.165) is 34.6 Å². The number of aryl methyl sites for hydroxylation is 1. The Hall–Kier alpha value is -1.65. The van der Waals surface area contributed by atoms with Gasteiger partial charge in [-0.15, -0.1) is 11.8 Å². The van der Waals surface area contributed by atoms with Crippen molar-refractivity contribution in [3.05, 3.63) is 58.6 Å². The molecule has 0 saturated carbocycles. The molecule has 2 aromatic rings. The molecular weight excluding hydrogens is 366 g/mol. The van der Waals surface area contributed by atoms with E-state index in [-0.39, 0.29) is 17.2 Å². The molecule has 1 amide bonds. The average molecular weight is 392 g/mol. The molecule has 0 fully saturated rings. The fraction of sp³-hybridized carbons (Fsp3) is 0.381. The van der Waals surface area contributed by atoms with Gasteiger partial charge in [-0.2, -0.15) is 0 Å². The molecule has 0 aliphatic heterocycles. The summed E-state index contributed by atoms with van der Waals surface area (Å²) >= 11 is 7.51. The first-order valence-corrected chi connectivity index (χ1v) is 10.1. The first kappa shape index (κ1) is 20.7. The zero-order chi connectivity index (χ0) is 19.1. The molecule has 2 atom stereocenters. The minimum absolute atomic E-state index is 0.00743. The van der Waals surface area contributed by atoms with Gasteiger partial charge in [0.05, 0.1) is 18.4 Å². The molecule has 0 saturated heterocycles. The van der Waals surface area contributed by atoms with Crippen molar-refractivity contribution in [2.24, 2.45) is 0 Å². The number of carbonyl (C=O) groups is 1. The summed E-state index contributed by atoms with van der Waals surface area (Å²) < 4.78 is 5.32. The highest BCUT2D eigenvalue weighted by Gasteiger charge is 2.21. The van der Waals surface area contributed by atoms with Crippen LogP contribution in [0.1, 0.15) is 43.9 Å². The van der Waals surface area contributed by atoms with Crippen LogP contribution in [0.3, 0.4) is 0 Å². The lowest BCUT2D eigenvalue weighted by molar-refractivity contribution is -0.121. The Labute approximate surface area is 165 Å². The van der Waals surface area contributed by atoms with Crippen LogP contribution in [0.2, 0.25) is 5.02 Å². The summed E-state index contributed by atoms with van der Waals surface area (Å²) in [5.74, 6) is 0.924. The minimum Gasteiger partial charge on any atom is -0.496 e. The minimum atomic E-state index is -0.135. The predicted molar refractivity (Wildman–Crippen MR) is 110 cm³/mol. The third kappa shape index (κ3) is 5.42. The summed E-state index contributed by atoms with van der Waals surface area (Å²) in [5, 5.41) is 3.77. The first-order valence-electron chi connectivity index (χ1n) is 8.85. The van der Waals surface area contributed by atoms with E-state index in [0.29, 0.717) is 5.02 Å². The fourth-order valence-corrected chi connectivity index (χ4v) is 3.89. The maximum atomic E-state index is 12.8. The van der Waals surface area contributed by atoms with Gasteiger partial charge in [0.15, 0.2) is 0 Å². The lowest BCUT2D eigenvalue weighted by Crippen LogP contribution is -2.35. The number of nitrogens with one attached hydrogen (secondary N) is 1. The molecule has 0 aromatic heterocycles. The largest absolute Gasteiger partial charge is 0.496 e. The lowest BCUT2D eigenvalue weighted by atomic mass is 10.0. The summed E-state index contributed by atoms with van der Waals surface area (Å²) in [5.41, 5.74) is 2.17. The highest BCUT2D eigenvalue weighted by Crippen LogP contribution is 2.29. The number of methoxy groups -OCH3 is 1. The lowest BCUT2D eigenvalue weighted by Gasteiger charge is -2.22. The molecule has 0 radical (unpaired) electrons. The quantitative estimate of drug-likeness (QED) is 0.578. The maximum Gasteiger partial charge on any atom is 0.233 e. The number of benzene rings is 2. The molecule has 0 unspecified atom stereocenters.